The molecule has 0 saturated carbocycles. The first kappa shape index (κ1) is 13.7. The van der Waals surface area contributed by atoms with E-state index in [2.05, 4.69) is 15.9 Å². The van der Waals surface area contributed by atoms with Gasteiger partial charge in [0.05, 0.1) is 5.56 Å². The van der Waals surface area contributed by atoms with Gasteiger partial charge in [0.25, 0.3) is 0 Å². The number of hydrogen-bond donors (Lipinski definition) is 1. The molecule has 0 aliphatic rings. The van der Waals surface area contributed by atoms with Gasteiger partial charge in [0.1, 0.15) is 5.56 Å². The molecule has 1 N–H and O–H groups in total. The van der Waals surface area contributed by atoms with Crippen molar-refractivity contribution in [2.24, 2.45) is 0 Å². The fourth-order valence-corrected chi connectivity index (χ4v) is 1.33. The highest BCUT2D eigenvalue weighted by Crippen LogP contribution is 2.25. The van der Waals surface area contributed by atoms with Gasteiger partial charge in [-0.1, -0.05) is 28.1 Å². The number of rotatable bonds is 3. The highest BCUT2D eigenvalue weighted by molar-refractivity contribution is 9.09. The van der Waals surface area contributed by atoms with Crippen molar-refractivity contribution in [3.05, 3.63) is 40.5 Å². The van der Waals surface area contributed by atoms with Gasteiger partial charge in [-0.05, 0) is 0 Å². The van der Waals surface area contributed by atoms with Crippen molar-refractivity contribution in [2.75, 3.05) is 5.33 Å². The first-order chi connectivity index (χ1) is 7.91. The number of allylic oxidation sites excluding steroid dienone is 1. The molecule has 2 nitrogen and oxygen atoms in total. The third-order valence-corrected chi connectivity index (χ3v) is 2.26. The minimum atomic E-state index is -2.08. The number of carboxylic acid groups (broad SMARTS) is 1. The monoisotopic (exact) mass is 312 g/mol. The van der Waals surface area contributed by atoms with Crippen molar-refractivity contribution in [1.82, 2.24) is 0 Å². The van der Waals surface area contributed by atoms with Crippen molar-refractivity contribution >= 4 is 28.0 Å². The quantitative estimate of drug-likeness (QED) is 0.528. The fraction of sp³-hybridized carbons (Fsp3) is 0.100. The normalized spacial score (nSPS) is 11.1. The number of carbonyl (C=O) groups is 1. The van der Waals surface area contributed by atoms with Gasteiger partial charge < -0.3 is 5.11 Å². The molecular weight excluding hydrogens is 308 g/mol. The number of hydrogen-bond acceptors (Lipinski definition) is 1. The number of aromatic carboxylic acids is 1. The van der Waals surface area contributed by atoms with Crippen LogP contribution in [0.25, 0.3) is 6.08 Å². The zero-order chi connectivity index (χ0) is 13.2. The molecule has 0 fully saturated rings. The van der Waals surface area contributed by atoms with E-state index in [1.807, 2.05) is 0 Å². The van der Waals surface area contributed by atoms with Crippen molar-refractivity contribution in [1.29, 1.82) is 0 Å². The Balaban J connectivity index is 3.58. The summed E-state index contributed by atoms with van der Waals surface area (Å²) in [7, 11) is 0. The number of alkyl halides is 1. The number of carboxylic acids is 1. The number of benzene rings is 1. The Morgan fingerprint density at radius 3 is 1.94 bits per heavy atom. The van der Waals surface area contributed by atoms with Crippen molar-refractivity contribution < 1.29 is 27.5 Å². The summed E-state index contributed by atoms with van der Waals surface area (Å²) in [5.74, 6) is -9.40. The maximum absolute atomic E-state index is 13.3. The molecule has 1 aromatic carbocycles. The standard InChI is InChI=1S/C10H5BrF4O2/c11-3-1-2-4-6(12)8(14)5(10(16)17)9(15)7(4)13/h1-2H,3H2,(H,16,17). The van der Waals surface area contributed by atoms with Gasteiger partial charge in [-0.2, -0.15) is 0 Å². The Hall–Kier alpha value is -1.37. The molecular formula is C10H5BrF4O2. The average molecular weight is 313 g/mol. The van der Waals surface area contributed by atoms with Crippen LogP contribution >= 0.6 is 15.9 Å². The van der Waals surface area contributed by atoms with E-state index in [1.165, 1.54) is 6.08 Å². The van der Waals surface area contributed by atoms with Crippen LogP contribution in [-0.4, -0.2) is 16.4 Å². The minimum absolute atomic E-state index is 0.218. The van der Waals surface area contributed by atoms with Crippen LogP contribution in [0.1, 0.15) is 15.9 Å². The van der Waals surface area contributed by atoms with E-state index in [1.54, 1.807) is 0 Å². The molecule has 0 unspecified atom stereocenters. The molecule has 0 heterocycles. The summed E-state index contributed by atoms with van der Waals surface area (Å²) in [6, 6.07) is 0. The van der Waals surface area contributed by atoms with Crippen molar-refractivity contribution in [3.8, 4) is 0 Å². The molecule has 1 aromatic rings. The third-order valence-electron chi connectivity index (χ3n) is 1.88. The zero-order valence-corrected chi connectivity index (χ0v) is 9.69. The summed E-state index contributed by atoms with van der Waals surface area (Å²) in [5, 5.41) is 8.64. The topological polar surface area (TPSA) is 37.3 Å². The lowest BCUT2D eigenvalue weighted by molar-refractivity contribution is 0.0683. The van der Waals surface area contributed by atoms with Gasteiger partial charge in [-0.3, -0.25) is 0 Å². The molecule has 0 aliphatic carbocycles. The van der Waals surface area contributed by atoms with Gasteiger partial charge in [-0.25, -0.2) is 22.4 Å². The van der Waals surface area contributed by atoms with Crippen LogP contribution in [0.3, 0.4) is 0 Å². The molecule has 0 spiro atoms. The lowest BCUT2D eigenvalue weighted by Gasteiger charge is -2.06. The highest BCUT2D eigenvalue weighted by Gasteiger charge is 2.27. The smallest absolute Gasteiger partial charge is 0.341 e. The van der Waals surface area contributed by atoms with Gasteiger partial charge in [0, 0.05) is 5.33 Å². The predicted octanol–water partition coefficient (Wildman–Crippen LogP) is 3.35. The van der Waals surface area contributed by atoms with E-state index >= 15 is 0 Å². The van der Waals surface area contributed by atoms with E-state index in [-0.39, 0.29) is 5.33 Å². The Bertz CT molecular complexity index is 471. The molecule has 0 radical (unpaired) electrons. The molecule has 17 heavy (non-hydrogen) atoms. The molecule has 1 rings (SSSR count). The van der Waals surface area contributed by atoms with E-state index in [4.69, 9.17) is 5.11 Å². The van der Waals surface area contributed by atoms with Crippen LogP contribution in [0.15, 0.2) is 6.08 Å². The second-order valence-corrected chi connectivity index (χ2v) is 3.55. The van der Waals surface area contributed by atoms with Crippen LogP contribution in [-0.2, 0) is 0 Å². The van der Waals surface area contributed by atoms with E-state index in [9.17, 15) is 22.4 Å². The third kappa shape index (κ3) is 2.49. The average Bonchev–Trinajstić information content (AvgIpc) is 2.26. The molecule has 0 bridgehead atoms. The summed E-state index contributed by atoms with van der Waals surface area (Å²) in [4.78, 5) is 10.4. The first-order valence-electron chi connectivity index (χ1n) is 4.23. The van der Waals surface area contributed by atoms with Crippen LogP contribution in [0.4, 0.5) is 17.6 Å². The summed E-state index contributed by atoms with van der Waals surface area (Å²) >= 11 is 2.92. The lowest BCUT2D eigenvalue weighted by atomic mass is 10.1. The summed E-state index contributed by atoms with van der Waals surface area (Å²) in [6.45, 7) is 0. The molecule has 0 aromatic heterocycles. The maximum atomic E-state index is 13.3. The van der Waals surface area contributed by atoms with Crippen LogP contribution in [0.2, 0.25) is 0 Å². The first-order valence-corrected chi connectivity index (χ1v) is 5.35. The second kappa shape index (κ2) is 5.31. The van der Waals surface area contributed by atoms with Gasteiger partial charge >= 0.3 is 5.97 Å². The second-order valence-electron chi connectivity index (χ2n) is 2.91. The SMILES string of the molecule is O=C(O)c1c(F)c(F)c(C=CCBr)c(F)c1F. The molecule has 0 aliphatic heterocycles. The summed E-state index contributed by atoms with van der Waals surface area (Å²) in [6.07, 6.45) is 2.03. The van der Waals surface area contributed by atoms with Crippen LogP contribution < -0.4 is 0 Å². The molecule has 0 atom stereocenters. The van der Waals surface area contributed by atoms with Crippen molar-refractivity contribution in [3.63, 3.8) is 0 Å². The predicted molar refractivity (Wildman–Crippen MR) is 56.1 cm³/mol. The van der Waals surface area contributed by atoms with Crippen molar-refractivity contribution in [2.45, 2.75) is 0 Å². The Kier molecular flexibility index (Phi) is 4.28. The van der Waals surface area contributed by atoms with Gasteiger partial charge in [0.2, 0.25) is 0 Å². The molecule has 0 saturated heterocycles. The largest absolute Gasteiger partial charge is 0.477 e. The Morgan fingerprint density at radius 1 is 1.12 bits per heavy atom. The summed E-state index contributed by atoms with van der Waals surface area (Å²) in [5.41, 5.74) is -2.60. The van der Waals surface area contributed by atoms with Crippen LogP contribution in [0.5, 0.6) is 0 Å². The highest BCUT2D eigenvalue weighted by atomic mass is 79.9. The van der Waals surface area contributed by atoms with E-state index < -0.39 is 40.4 Å². The number of halogens is 5. The Morgan fingerprint density at radius 2 is 1.59 bits per heavy atom. The minimum Gasteiger partial charge on any atom is -0.477 e. The molecule has 7 heteroatoms. The van der Waals surface area contributed by atoms with Gasteiger partial charge in [0.15, 0.2) is 23.3 Å². The van der Waals surface area contributed by atoms with E-state index in [0.717, 1.165) is 6.08 Å². The molecule has 0 amide bonds. The van der Waals surface area contributed by atoms with Crippen LogP contribution in [0, 0.1) is 23.3 Å². The molecule has 92 valence electrons. The zero-order valence-electron chi connectivity index (χ0n) is 8.11. The lowest BCUT2D eigenvalue weighted by Crippen LogP contribution is -2.11. The fourth-order valence-electron chi connectivity index (χ4n) is 1.15. The maximum Gasteiger partial charge on any atom is 0.341 e. The van der Waals surface area contributed by atoms with E-state index in [0.29, 0.717) is 0 Å². The van der Waals surface area contributed by atoms with Gasteiger partial charge in [-0.15, -0.1) is 0 Å². The summed E-state index contributed by atoms with van der Waals surface area (Å²) < 4.78 is 52.9. The Labute approximate surface area is 102 Å².